The maximum absolute atomic E-state index is 13.2. The molecular formula is C23H19ClN2O6S2. The molecule has 0 saturated carbocycles. The van der Waals surface area contributed by atoms with Gasteiger partial charge in [-0.05, 0) is 60.3 Å². The minimum atomic E-state index is -3.94. The molecule has 0 spiro atoms. The Morgan fingerprint density at radius 2 is 1.85 bits per heavy atom. The van der Waals surface area contributed by atoms with Gasteiger partial charge in [0.05, 0.1) is 28.2 Å². The van der Waals surface area contributed by atoms with Crippen LogP contribution in [0, 0.1) is 6.92 Å². The average molecular weight is 519 g/mol. The SMILES string of the molecule is COc1c(Cl)cc(C)cc1/C(O)=C1/C(=O)C(=O)N(c2ccc(S(N)(=O)=O)cc2)C1c1cccs1. The highest BCUT2D eigenvalue weighted by Gasteiger charge is 2.47. The lowest BCUT2D eigenvalue weighted by molar-refractivity contribution is -0.132. The number of ketones is 1. The number of thiophene rings is 1. The Morgan fingerprint density at radius 3 is 2.41 bits per heavy atom. The van der Waals surface area contributed by atoms with Gasteiger partial charge in [-0.2, -0.15) is 0 Å². The number of nitrogens with two attached hydrogens (primary N) is 1. The van der Waals surface area contributed by atoms with Crippen molar-refractivity contribution in [3.8, 4) is 5.75 Å². The Bertz CT molecular complexity index is 1430. The minimum absolute atomic E-state index is 0.136. The quantitative estimate of drug-likeness (QED) is 0.298. The van der Waals surface area contributed by atoms with Crippen LogP contribution in [0.1, 0.15) is 22.0 Å². The number of primary sulfonamides is 1. The number of hydrogen-bond acceptors (Lipinski definition) is 7. The van der Waals surface area contributed by atoms with Gasteiger partial charge in [0, 0.05) is 10.6 Å². The molecule has 176 valence electrons. The highest BCUT2D eigenvalue weighted by molar-refractivity contribution is 7.89. The predicted octanol–water partition coefficient (Wildman–Crippen LogP) is 3.99. The van der Waals surface area contributed by atoms with Gasteiger partial charge in [-0.3, -0.25) is 14.5 Å². The number of Topliss-reactive ketones (excluding diaryl/α,β-unsaturated/α-hetero) is 1. The van der Waals surface area contributed by atoms with E-state index in [2.05, 4.69) is 0 Å². The monoisotopic (exact) mass is 518 g/mol. The maximum Gasteiger partial charge on any atom is 0.300 e. The van der Waals surface area contributed by atoms with Crippen molar-refractivity contribution in [2.24, 2.45) is 5.14 Å². The molecule has 8 nitrogen and oxygen atoms in total. The summed E-state index contributed by atoms with van der Waals surface area (Å²) >= 11 is 7.58. The topological polar surface area (TPSA) is 127 Å². The minimum Gasteiger partial charge on any atom is -0.507 e. The first-order chi connectivity index (χ1) is 16.0. The number of methoxy groups -OCH3 is 1. The van der Waals surface area contributed by atoms with Gasteiger partial charge in [0.25, 0.3) is 11.7 Å². The zero-order chi connectivity index (χ0) is 24.8. The number of rotatable bonds is 5. The van der Waals surface area contributed by atoms with E-state index in [1.807, 2.05) is 0 Å². The van der Waals surface area contributed by atoms with Crippen LogP contribution in [-0.4, -0.2) is 32.3 Å². The van der Waals surface area contributed by atoms with Gasteiger partial charge in [0.1, 0.15) is 17.6 Å². The van der Waals surface area contributed by atoms with Gasteiger partial charge in [0.15, 0.2) is 0 Å². The highest BCUT2D eigenvalue weighted by Crippen LogP contribution is 2.45. The van der Waals surface area contributed by atoms with Crippen LogP contribution in [0.3, 0.4) is 0 Å². The van der Waals surface area contributed by atoms with Crippen molar-refractivity contribution < 1.29 is 27.9 Å². The summed E-state index contributed by atoms with van der Waals surface area (Å²) in [7, 11) is -2.56. The van der Waals surface area contributed by atoms with Crippen LogP contribution < -0.4 is 14.8 Å². The van der Waals surface area contributed by atoms with Crippen LogP contribution in [0.4, 0.5) is 5.69 Å². The molecule has 2 heterocycles. The van der Waals surface area contributed by atoms with Crippen molar-refractivity contribution in [3.63, 3.8) is 0 Å². The maximum atomic E-state index is 13.2. The highest BCUT2D eigenvalue weighted by atomic mass is 35.5. The summed E-state index contributed by atoms with van der Waals surface area (Å²) in [5.41, 5.74) is 1.02. The number of aliphatic hydroxyl groups is 1. The van der Waals surface area contributed by atoms with Gasteiger partial charge in [-0.25, -0.2) is 13.6 Å². The molecule has 3 N–H and O–H groups in total. The van der Waals surface area contributed by atoms with Crippen LogP contribution in [0.25, 0.3) is 5.76 Å². The second-order valence-electron chi connectivity index (χ2n) is 7.55. The fourth-order valence-corrected chi connectivity index (χ4v) is 5.56. The Balaban J connectivity index is 1.95. The molecule has 3 aromatic rings. The molecule has 0 bridgehead atoms. The second-order valence-corrected chi connectivity index (χ2v) is 10.5. The largest absolute Gasteiger partial charge is 0.507 e. The van der Waals surface area contributed by atoms with Gasteiger partial charge in [-0.1, -0.05) is 17.7 Å². The summed E-state index contributed by atoms with van der Waals surface area (Å²) < 4.78 is 28.6. The molecule has 0 radical (unpaired) electrons. The lowest BCUT2D eigenvalue weighted by Gasteiger charge is -2.24. The third-order valence-corrected chi connectivity index (χ3v) is 7.48. The summed E-state index contributed by atoms with van der Waals surface area (Å²) in [6.45, 7) is 1.77. The molecule has 1 aromatic heterocycles. The molecule has 11 heteroatoms. The lowest BCUT2D eigenvalue weighted by Crippen LogP contribution is -2.29. The first-order valence-corrected chi connectivity index (χ1v) is 12.7. The van der Waals surface area contributed by atoms with E-state index in [-0.39, 0.29) is 32.5 Å². The number of carbonyl (C=O) groups excluding carboxylic acids is 2. The van der Waals surface area contributed by atoms with Crippen LogP contribution in [-0.2, 0) is 19.6 Å². The molecule has 1 aliphatic rings. The van der Waals surface area contributed by atoms with E-state index >= 15 is 0 Å². The van der Waals surface area contributed by atoms with Gasteiger partial charge in [-0.15, -0.1) is 11.3 Å². The Morgan fingerprint density at radius 1 is 1.18 bits per heavy atom. The Labute approximate surface area is 204 Å². The number of hydrogen-bond donors (Lipinski definition) is 2. The number of aryl methyl sites for hydroxylation is 1. The summed E-state index contributed by atoms with van der Waals surface area (Å²) in [6.07, 6.45) is 0. The molecule has 1 fully saturated rings. The predicted molar refractivity (Wildman–Crippen MR) is 130 cm³/mol. The number of sulfonamides is 1. The van der Waals surface area contributed by atoms with Crippen molar-refractivity contribution in [2.75, 3.05) is 12.0 Å². The smallest absolute Gasteiger partial charge is 0.300 e. The van der Waals surface area contributed by atoms with E-state index in [1.54, 1.807) is 36.6 Å². The Kier molecular flexibility index (Phi) is 6.26. The molecule has 1 unspecified atom stereocenters. The molecular weight excluding hydrogens is 500 g/mol. The lowest BCUT2D eigenvalue weighted by atomic mass is 9.98. The first-order valence-electron chi connectivity index (χ1n) is 9.86. The molecule has 1 amide bonds. The molecule has 34 heavy (non-hydrogen) atoms. The summed E-state index contributed by atoms with van der Waals surface area (Å²) in [4.78, 5) is 28.1. The number of carbonyl (C=O) groups is 2. The molecule has 1 atom stereocenters. The number of amides is 1. The van der Waals surface area contributed by atoms with Gasteiger partial charge in [0.2, 0.25) is 10.0 Å². The van der Waals surface area contributed by atoms with Crippen molar-refractivity contribution in [1.29, 1.82) is 0 Å². The number of anilines is 1. The normalized spacial score (nSPS) is 17.9. The summed E-state index contributed by atoms with van der Waals surface area (Å²) in [5, 5.41) is 18.5. The first kappa shape index (κ1) is 24.0. The van der Waals surface area contributed by atoms with E-state index in [1.165, 1.54) is 47.6 Å². The molecule has 1 saturated heterocycles. The number of halogens is 1. The van der Waals surface area contributed by atoms with Crippen LogP contribution in [0.15, 0.2) is 64.4 Å². The zero-order valence-electron chi connectivity index (χ0n) is 18.0. The Hall–Kier alpha value is -3.18. The van der Waals surface area contributed by atoms with Crippen LogP contribution >= 0.6 is 22.9 Å². The fraction of sp³-hybridized carbons (Fsp3) is 0.130. The number of aliphatic hydroxyl groups excluding tert-OH is 1. The van der Waals surface area contributed by atoms with Crippen molar-refractivity contribution in [3.05, 3.63) is 80.5 Å². The van der Waals surface area contributed by atoms with Crippen LogP contribution in [0.5, 0.6) is 5.75 Å². The number of ether oxygens (including phenoxy) is 1. The summed E-state index contributed by atoms with van der Waals surface area (Å²) in [5.74, 6) is -2.03. The zero-order valence-corrected chi connectivity index (χ0v) is 20.4. The summed E-state index contributed by atoms with van der Waals surface area (Å²) in [6, 6.07) is 11.1. The van der Waals surface area contributed by atoms with Crippen LogP contribution in [0.2, 0.25) is 5.02 Å². The van der Waals surface area contributed by atoms with Gasteiger partial charge >= 0.3 is 0 Å². The fourth-order valence-electron chi connectivity index (χ4n) is 3.87. The number of benzene rings is 2. The molecule has 1 aliphatic heterocycles. The second kappa shape index (κ2) is 8.88. The van der Waals surface area contributed by atoms with Crippen molar-refractivity contribution >= 4 is 56.1 Å². The molecule has 4 rings (SSSR count). The van der Waals surface area contributed by atoms with Crippen molar-refractivity contribution in [1.82, 2.24) is 0 Å². The third-order valence-electron chi connectivity index (χ3n) is 5.35. The molecule has 2 aromatic carbocycles. The van der Waals surface area contributed by atoms with E-state index in [4.69, 9.17) is 21.5 Å². The van der Waals surface area contributed by atoms with E-state index < -0.39 is 33.5 Å². The van der Waals surface area contributed by atoms with Gasteiger partial charge < -0.3 is 9.84 Å². The van der Waals surface area contributed by atoms with E-state index in [9.17, 15) is 23.1 Å². The average Bonchev–Trinajstić information content (AvgIpc) is 3.39. The van der Waals surface area contributed by atoms with Crippen molar-refractivity contribution in [2.45, 2.75) is 17.9 Å². The molecule has 0 aliphatic carbocycles. The standard InChI is InChI=1S/C23H19ClN2O6S2/c1-12-10-15(22(32-2)16(24)11-12)20(27)18-19(17-4-3-9-33-17)26(23(29)21(18)28)13-5-7-14(8-6-13)34(25,30)31/h3-11,19,27H,1-2H3,(H2,25,30,31)/b20-18-. The number of nitrogens with zero attached hydrogens (tertiary/aromatic N) is 1. The van der Waals surface area contributed by atoms with E-state index in [0.717, 1.165) is 0 Å². The van der Waals surface area contributed by atoms with E-state index in [0.29, 0.717) is 10.4 Å². The third kappa shape index (κ3) is 4.09.